The highest BCUT2D eigenvalue weighted by Gasteiger charge is 2.38. The van der Waals surface area contributed by atoms with Gasteiger partial charge in [-0.25, -0.2) is 0 Å². The molecule has 0 saturated carbocycles. The van der Waals surface area contributed by atoms with Gasteiger partial charge in [-0.1, -0.05) is 44.2 Å². The average molecular weight is 433 g/mol. The lowest BCUT2D eigenvalue weighted by Crippen LogP contribution is -2.57. The fourth-order valence-electron chi connectivity index (χ4n) is 3.50. The normalized spacial score (nSPS) is 18.9. The van der Waals surface area contributed by atoms with Gasteiger partial charge in [0.05, 0.1) is 6.04 Å². The van der Waals surface area contributed by atoms with Crippen molar-refractivity contribution < 1.29 is 24.3 Å². The molecular weight excluding hydrogens is 400 g/mol. The first-order valence-corrected chi connectivity index (χ1v) is 10.5. The SMILES string of the molecule is CC(NC(=O)C1CCCN1C(=O)C(Cc1ccccc1)NC(=O)C(N)C(C)C)C(=O)O. The number of aliphatic carboxylic acids is 1. The third-order valence-corrected chi connectivity index (χ3v) is 5.49. The van der Waals surface area contributed by atoms with Crippen LogP contribution in [0.25, 0.3) is 0 Å². The van der Waals surface area contributed by atoms with E-state index in [0.29, 0.717) is 19.4 Å². The monoisotopic (exact) mass is 432 g/mol. The van der Waals surface area contributed by atoms with Crippen LogP contribution in [0.2, 0.25) is 0 Å². The lowest BCUT2D eigenvalue weighted by Gasteiger charge is -2.30. The van der Waals surface area contributed by atoms with Crippen molar-refractivity contribution in [1.82, 2.24) is 15.5 Å². The number of carbonyl (C=O) groups is 4. The van der Waals surface area contributed by atoms with Crippen LogP contribution < -0.4 is 16.4 Å². The zero-order valence-corrected chi connectivity index (χ0v) is 18.2. The van der Waals surface area contributed by atoms with E-state index in [0.717, 1.165) is 5.56 Å². The highest BCUT2D eigenvalue weighted by Crippen LogP contribution is 2.20. The summed E-state index contributed by atoms with van der Waals surface area (Å²) in [6.45, 7) is 5.37. The third-order valence-electron chi connectivity index (χ3n) is 5.49. The Hall–Kier alpha value is -2.94. The maximum Gasteiger partial charge on any atom is 0.325 e. The highest BCUT2D eigenvalue weighted by molar-refractivity contribution is 5.94. The molecule has 0 aliphatic carbocycles. The van der Waals surface area contributed by atoms with Gasteiger partial charge in [0.2, 0.25) is 17.7 Å². The Balaban J connectivity index is 2.20. The van der Waals surface area contributed by atoms with Crippen LogP contribution in [0.4, 0.5) is 0 Å². The summed E-state index contributed by atoms with van der Waals surface area (Å²) in [4.78, 5) is 51.1. The molecule has 2 rings (SSSR count). The minimum Gasteiger partial charge on any atom is -0.480 e. The van der Waals surface area contributed by atoms with E-state index in [1.165, 1.54) is 11.8 Å². The van der Waals surface area contributed by atoms with Crippen molar-refractivity contribution in [2.75, 3.05) is 6.54 Å². The van der Waals surface area contributed by atoms with Gasteiger partial charge in [0.25, 0.3) is 0 Å². The smallest absolute Gasteiger partial charge is 0.325 e. The number of benzene rings is 1. The fourth-order valence-corrected chi connectivity index (χ4v) is 3.50. The second-order valence-electron chi connectivity index (χ2n) is 8.28. The lowest BCUT2D eigenvalue weighted by molar-refractivity contribution is -0.144. The van der Waals surface area contributed by atoms with Crippen molar-refractivity contribution >= 4 is 23.7 Å². The number of nitrogens with zero attached hydrogens (tertiary/aromatic N) is 1. The highest BCUT2D eigenvalue weighted by atomic mass is 16.4. The number of likely N-dealkylation sites (tertiary alicyclic amines) is 1. The first-order valence-electron chi connectivity index (χ1n) is 10.5. The molecule has 170 valence electrons. The van der Waals surface area contributed by atoms with Gasteiger partial charge in [-0.15, -0.1) is 0 Å². The number of carbonyl (C=O) groups excluding carboxylic acids is 3. The van der Waals surface area contributed by atoms with Gasteiger partial charge in [-0.2, -0.15) is 0 Å². The zero-order valence-electron chi connectivity index (χ0n) is 18.2. The molecule has 0 bridgehead atoms. The van der Waals surface area contributed by atoms with Crippen molar-refractivity contribution in [2.45, 2.75) is 64.2 Å². The molecule has 1 aliphatic rings. The standard InChI is InChI=1S/C22H32N4O5/c1-13(2)18(23)20(28)25-16(12-15-8-5-4-6-9-15)21(29)26-11-7-10-17(26)19(27)24-14(3)22(30)31/h4-6,8-9,13-14,16-18H,7,10-12,23H2,1-3H3,(H,24,27)(H,25,28)(H,30,31). The van der Waals surface area contributed by atoms with Crippen molar-refractivity contribution in [3.8, 4) is 0 Å². The predicted octanol–water partition coefficient (Wildman–Crippen LogP) is 0.278. The van der Waals surface area contributed by atoms with E-state index < -0.39 is 42.0 Å². The van der Waals surface area contributed by atoms with E-state index in [-0.39, 0.29) is 18.2 Å². The lowest BCUT2D eigenvalue weighted by atomic mass is 10.0. The first-order chi connectivity index (χ1) is 14.6. The van der Waals surface area contributed by atoms with Gasteiger partial charge in [-0.3, -0.25) is 19.2 Å². The van der Waals surface area contributed by atoms with E-state index in [1.807, 2.05) is 44.2 Å². The van der Waals surface area contributed by atoms with Gasteiger partial charge in [0, 0.05) is 13.0 Å². The zero-order chi connectivity index (χ0) is 23.1. The maximum absolute atomic E-state index is 13.4. The second kappa shape index (κ2) is 10.9. The Labute approximate surface area is 182 Å². The number of rotatable bonds is 9. The predicted molar refractivity (Wildman–Crippen MR) is 115 cm³/mol. The van der Waals surface area contributed by atoms with Crippen LogP contribution in [0.3, 0.4) is 0 Å². The summed E-state index contributed by atoms with van der Waals surface area (Å²) >= 11 is 0. The van der Waals surface area contributed by atoms with Gasteiger partial charge in [-0.05, 0) is 31.2 Å². The van der Waals surface area contributed by atoms with Gasteiger partial charge >= 0.3 is 5.97 Å². The Kier molecular flexibility index (Phi) is 8.56. The topological polar surface area (TPSA) is 142 Å². The number of amides is 3. The molecule has 1 aliphatic heterocycles. The van der Waals surface area contributed by atoms with Gasteiger partial charge in [0.1, 0.15) is 18.1 Å². The van der Waals surface area contributed by atoms with Crippen LogP contribution in [0.15, 0.2) is 30.3 Å². The summed E-state index contributed by atoms with van der Waals surface area (Å²) < 4.78 is 0. The van der Waals surface area contributed by atoms with Crippen molar-refractivity contribution in [2.24, 2.45) is 11.7 Å². The molecule has 9 nitrogen and oxygen atoms in total. The summed E-state index contributed by atoms with van der Waals surface area (Å²) in [5.74, 6) is -2.57. The number of nitrogens with two attached hydrogens (primary N) is 1. The maximum atomic E-state index is 13.4. The number of hydrogen-bond acceptors (Lipinski definition) is 5. The summed E-state index contributed by atoms with van der Waals surface area (Å²) in [6, 6.07) is 5.78. The van der Waals surface area contributed by atoms with Crippen LogP contribution in [0.1, 0.15) is 39.2 Å². The molecule has 9 heteroatoms. The van der Waals surface area contributed by atoms with Crippen LogP contribution in [-0.4, -0.2) is 64.4 Å². The number of carboxylic acids is 1. The third kappa shape index (κ3) is 6.52. The Morgan fingerprint density at radius 1 is 1.13 bits per heavy atom. The van der Waals surface area contributed by atoms with Crippen molar-refractivity contribution in [3.63, 3.8) is 0 Å². The summed E-state index contributed by atoms with van der Waals surface area (Å²) in [5, 5.41) is 14.2. The quantitative estimate of drug-likeness (QED) is 0.441. The molecule has 0 spiro atoms. The number of nitrogens with one attached hydrogen (secondary N) is 2. The molecule has 1 fully saturated rings. The van der Waals surface area contributed by atoms with E-state index in [1.54, 1.807) is 0 Å². The Morgan fingerprint density at radius 2 is 1.77 bits per heavy atom. The average Bonchev–Trinajstić information content (AvgIpc) is 3.22. The fraction of sp³-hybridized carbons (Fsp3) is 0.545. The van der Waals surface area contributed by atoms with Crippen molar-refractivity contribution in [1.29, 1.82) is 0 Å². The molecule has 1 heterocycles. The summed E-state index contributed by atoms with van der Waals surface area (Å²) in [7, 11) is 0. The molecule has 3 amide bonds. The molecule has 0 radical (unpaired) electrons. The molecular formula is C22H32N4O5. The molecule has 1 aromatic carbocycles. The van der Waals surface area contributed by atoms with E-state index >= 15 is 0 Å². The summed E-state index contributed by atoms with van der Waals surface area (Å²) in [5.41, 5.74) is 6.82. The molecule has 4 unspecified atom stereocenters. The van der Waals surface area contributed by atoms with E-state index in [4.69, 9.17) is 10.8 Å². The molecule has 5 N–H and O–H groups in total. The second-order valence-corrected chi connectivity index (χ2v) is 8.28. The first kappa shape index (κ1) is 24.3. The Morgan fingerprint density at radius 3 is 2.35 bits per heavy atom. The largest absolute Gasteiger partial charge is 0.480 e. The minimum absolute atomic E-state index is 0.102. The molecule has 1 aromatic rings. The van der Waals surface area contributed by atoms with Gasteiger partial charge in [0.15, 0.2) is 0 Å². The summed E-state index contributed by atoms with van der Waals surface area (Å²) in [6.07, 6.45) is 1.30. The van der Waals surface area contributed by atoms with Crippen LogP contribution in [0, 0.1) is 5.92 Å². The van der Waals surface area contributed by atoms with E-state index in [9.17, 15) is 19.2 Å². The van der Waals surface area contributed by atoms with Crippen LogP contribution in [0.5, 0.6) is 0 Å². The van der Waals surface area contributed by atoms with Crippen LogP contribution in [-0.2, 0) is 25.6 Å². The van der Waals surface area contributed by atoms with Gasteiger partial charge < -0.3 is 26.4 Å². The van der Waals surface area contributed by atoms with Crippen LogP contribution >= 0.6 is 0 Å². The minimum atomic E-state index is -1.15. The van der Waals surface area contributed by atoms with E-state index in [2.05, 4.69) is 10.6 Å². The number of hydrogen-bond donors (Lipinski definition) is 4. The molecule has 31 heavy (non-hydrogen) atoms. The Bertz CT molecular complexity index is 798. The molecule has 4 atom stereocenters. The van der Waals surface area contributed by atoms with Crippen molar-refractivity contribution in [3.05, 3.63) is 35.9 Å². The molecule has 0 aromatic heterocycles. The molecule has 1 saturated heterocycles. The number of carboxylic acid groups (broad SMARTS) is 1.